The van der Waals surface area contributed by atoms with Crippen LogP contribution in [-0.4, -0.2) is 54.2 Å². The summed E-state index contributed by atoms with van der Waals surface area (Å²) in [5.41, 5.74) is 11.5. The van der Waals surface area contributed by atoms with Crippen LogP contribution in [0.4, 0.5) is 5.69 Å². The molecule has 11 heteroatoms. The number of carbonyl (C=O) groups is 2. The minimum Gasteiger partial charge on any atom is -0.494 e. The predicted molar refractivity (Wildman–Crippen MR) is 221 cm³/mol. The lowest BCUT2D eigenvalue weighted by Gasteiger charge is -2.35. The molecule has 10 nitrogen and oxygen atoms in total. The van der Waals surface area contributed by atoms with Gasteiger partial charge in [0.1, 0.15) is 23.5 Å². The molecule has 4 aromatic heterocycles. The zero-order valence-electron chi connectivity index (χ0n) is 32.4. The Balaban J connectivity index is 1.28. The van der Waals surface area contributed by atoms with E-state index in [0.717, 1.165) is 71.8 Å². The van der Waals surface area contributed by atoms with Gasteiger partial charge in [-0.2, -0.15) is 0 Å². The highest BCUT2D eigenvalue weighted by Gasteiger charge is 2.37. The standard InChI is InChI=1S/C45H43ClN6O4/c1-25-15-16-35-34(13-10-18-56-33-19-26(2)40(46)27(3)20-33)43-44(53)51(22-28(4)52(43)42(35)38(25)39-29(5)48-24-49-30(39)6)36-14-9-11-31-21-37(45(54)55)50(41(31)36)23-32-12-7-8-17-47-32/h7-9,11-12,14-17,19-21,24,28H,10,13,18,22-23H2,1-6H3,(H,54,55). The molecule has 5 heterocycles. The summed E-state index contributed by atoms with van der Waals surface area (Å²) in [5, 5.41) is 12.8. The van der Waals surface area contributed by atoms with Crippen LogP contribution in [0.3, 0.4) is 0 Å². The lowest BCUT2D eigenvalue weighted by atomic mass is 9.94. The first-order chi connectivity index (χ1) is 26.9. The van der Waals surface area contributed by atoms with Gasteiger partial charge in [0.25, 0.3) is 5.91 Å². The van der Waals surface area contributed by atoms with E-state index in [-0.39, 0.29) is 24.2 Å². The van der Waals surface area contributed by atoms with Crippen molar-refractivity contribution in [2.75, 3.05) is 18.1 Å². The molecule has 0 radical (unpaired) electrons. The summed E-state index contributed by atoms with van der Waals surface area (Å²) in [6.45, 7) is 13.2. The molecule has 0 saturated heterocycles. The van der Waals surface area contributed by atoms with Gasteiger partial charge in [0.05, 0.1) is 35.6 Å². The van der Waals surface area contributed by atoms with Crippen LogP contribution in [0.1, 0.15) is 79.7 Å². The second-order valence-corrected chi connectivity index (χ2v) is 15.2. The molecule has 0 aliphatic carbocycles. The van der Waals surface area contributed by atoms with Gasteiger partial charge in [-0.15, -0.1) is 0 Å². The number of fused-ring (bicyclic) bond motifs is 4. The summed E-state index contributed by atoms with van der Waals surface area (Å²) < 4.78 is 10.2. The number of hydrogen-bond acceptors (Lipinski definition) is 6. The van der Waals surface area contributed by atoms with Crippen molar-refractivity contribution < 1.29 is 19.4 Å². The van der Waals surface area contributed by atoms with E-state index in [4.69, 9.17) is 16.3 Å². The minimum atomic E-state index is -1.05. The summed E-state index contributed by atoms with van der Waals surface area (Å²) >= 11 is 6.43. The number of carbonyl (C=O) groups excluding carboxylic acids is 1. The third-order valence-electron chi connectivity index (χ3n) is 11.0. The maximum Gasteiger partial charge on any atom is 0.352 e. The predicted octanol–water partition coefficient (Wildman–Crippen LogP) is 9.62. The quantitative estimate of drug-likeness (QED) is 0.138. The van der Waals surface area contributed by atoms with Gasteiger partial charge in [-0.3, -0.25) is 9.78 Å². The molecule has 1 amide bonds. The van der Waals surface area contributed by atoms with Crippen LogP contribution in [0.25, 0.3) is 32.9 Å². The Labute approximate surface area is 330 Å². The van der Waals surface area contributed by atoms with E-state index in [1.165, 1.54) is 0 Å². The molecule has 1 aliphatic rings. The van der Waals surface area contributed by atoms with Crippen LogP contribution in [0.2, 0.25) is 5.02 Å². The van der Waals surface area contributed by atoms with E-state index in [1.54, 1.807) is 23.2 Å². The van der Waals surface area contributed by atoms with Crippen molar-refractivity contribution >= 4 is 51.0 Å². The Morgan fingerprint density at radius 3 is 2.34 bits per heavy atom. The molecule has 7 aromatic rings. The van der Waals surface area contributed by atoms with Gasteiger partial charge in [0.2, 0.25) is 0 Å². The van der Waals surface area contributed by atoms with Crippen LogP contribution in [0.5, 0.6) is 5.75 Å². The van der Waals surface area contributed by atoms with Crippen molar-refractivity contribution in [3.8, 4) is 16.9 Å². The third kappa shape index (κ3) is 6.27. The summed E-state index contributed by atoms with van der Waals surface area (Å²) in [5.74, 6) is -0.427. The van der Waals surface area contributed by atoms with Gasteiger partial charge in [-0.25, -0.2) is 14.8 Å². The van der Waals surface area contributed by atoms with Crippen LogP contribution in [0.15, 0.2) is 79.3 Å². The number of nitrogens with zero attached hydrogens (tertiary/aromatic N) is 6. The number of aryl methyl sites for hydroxylation is 6. The monoisotopic (exact) mass is 766 g/mol. The zero-order valence-corrected chi connectivity index (χ0v) is 33.1. The number of carboxylic acid groups (broad SMARTS) is 1. The molecule has 1 unspecified atom stereocenters. The fraction of sp³-hybridized carbons (Fsp3) is 0.267. The number of halogens is 1. The first-order valence-corrected chi connectivity index (χ1v) is 19.2. The second-order valence-electron chi connectivity index (χ2n) is 14.8. The van der Waals surface area contributed by atoms with E-state index in [9.17, 15) is 9.90 Å². The molecule has 8 rings (SSSR count). The van der Waals surface area contributed by atoms with Gasteiger partial charge >= 0.3 is 5.97 Å². The number of hydrogen-bond donors (Lipinski definition) is 1. The first-order valence-electron chi connectivity index (χ1n) is 18.9. The second kappa shape index (κ2) is 14.6. The van der Waals surface area contributed by atoms with E-state index >= 15 is 4.79 Å². The molecule has 0 fully saturated rings. The normalized spacial score (nSPS) is 14.2. The highest BCUT2D eigenvalue weighted by Crippen LogP contribution is 2.44. The molecule has 3 aromatic carbocycles. The zero-order chi connectivity index (χ0) is 39.4. The van der Waals surface area contributed by atoms with Crippen LogP contribution in [-0.2, 0) is 13.0 Å². The lowest BCUT2D eigenvalue weighted by molar-refractivity contribution is 0.0686. The summed E-state index contributed by atoms with van der Waals surface area (Å²) in [4.78, 5) is 43.5. The lowest BCUT2D eigenvalue weighted by Crippen LogP contribution is -2.43. The number of pyridine rings is 1. The molecule has 56 heavy (non-hydrogen) atoms. The molecule has 0 saturated carbocycles. The fourth-order valence-electron chi connectivity index (χ4n) is 8.48. The number of rotatable bonds is 10. The molecule has 0 bridgehead atoms. The van der Waals surface area contributed by atoms with E-state index in [2.05, 4.69) is 45.5 Å². The Morgan fingerprint density at radius 2 is 1.64 bits per heavy atom. The van der Waals surface area contributed by atoms with Crippen molar-refractivity contribution in [1.82, 2.24) is 24.1 Å². The topological polar surface area (TPSA) is 115 Å². The summed E-state index contributed by atoms with van der Waals surface area (Å²) in [6, 6.07) is 21.0. The molecule has 284 valence electrons. The van der Waals surface area contributed by atoms with Crippen molar-refractivity contribution in [2.45, 2.75) is 67.0 Å². The Morgan fingerprint density at radius 1 is 0.893 bits per heavy atom. The Bertz CT molecular complexity index is 2660. The Hall–Kier alpha value is -6.00. The van der Waals surface area contributed by atoms with Gasteiger partial charge < -0.3 is 23.9 Å². The molecule has 0 spiro atoms. The largest absolute Gasteiger partial charge is 0.494 e. The number of aromatic nitrogens is 5. The van der Waals surface area contributed by atoms with Gasteiger partial charge in [0, 0.05) is 57.1 Å². The molecular weight excluding hydrogens is 724 g/mol. The molecule has 1 N–H and O–H groups in total. The highest BCUT2D eigenvalue weighted by molar-refractivity contribution is 6.32. The van der Waals surface area contributed by atoms with Crippen LogP contribution >= 0.6 is 11.6 Å². The van der Waals surface area contributed by atoms with Gasteiger partial charge in [-0.05, 0) is 113 Å². The summed E-state index contributed by atoms with van der Waals surface area (Å²) in [7, 11) is 0. The third-order valence-corrected chi connectivity index (χ3v) is 11.6. The van der Waals surface area contributed by atoms with Crippen molar-refractivity contribution in [3.63, 3.8) is 0 Å². The van der Waals surface area contributed by atoms with Crippen LogP contribution in [0, 0.1) is 34.6 Å². The van der Waals surface area contributed by atoms with Gasteiger partial charge in [-0.1, -0.05) is 41.9 Å². The smallest absolute Gasteiger partial charge is 0.352 e. The number of benzene rings is 3. The average molecular weight is 767 g/mol. The molecule has 1 aliphatic heterocycles. The number of carboxylic acids is 1. The number of aromatic carboxylic acids is 1. The highest BCUT2D eigenvalue weighted by atomic mass is 35.5. The average Bonchev–Trinajstić information content (AvgIpc) is 3.71. The number of ether oxygens (including phenoxy) is 1. The van der Waals surface area contributed by atoms with Gasteiger partial charge in [0.15, 0.2) is 0 Å². The summed E-state index contributed by atoms with van der Waals surface area (Å²) in [6.07, 6.45) is 4.54. The molecule has 1 atom stereocenters. The van der Waals surface area contributed by atoms with Crippen molar-refractivity contribution in [2.24, 2.45) is 0 Å². The Kier molecular flexibility index (Phi) is 9.62. The van der Waals surface area contributed by atoms with Crippen LogP contribution < -0.4 is 9.64 Å². The maximum atomic E-state index is 15.3. The number of para-hydroxylation sites is 1. The van der Waals surface area contributed by atoms with Crippen molar-refractivity contribution in [1.29, 1.82) is 0 Å². The van der Waals surface area contributed by atoms with E-state index in [0.29, 0.717) is 48.6 Å². The minimum absolute atomic E-state index is 0.132. The van der Waals surface area contributed by atoms with E-state index in [1.807, 2.05) is 81.1 Å². The first kappa shape index (κ1) is 36.9. The number of amides is 1. The van der Waals surface area contributed by atoms with Crippen molar-refractivity contribution in [3.05, 3.63) is 135 Å². The maximum absolute atomic E-state index is 15.3. The molecular formula is C45H43ClN6O4. The number of anilines is 1. The fourth-order valence-corrected chi connectivity index (χ4v) is 8.59. The van der Waals surface area contributed by atoms with E-state index < -0.39 is 5.97 Å². The SMILES string of the molecule is Cc1cc(OCCCc2c3n(c4c(-c5c(C)ncnc5C)c(C)ccc24)C(C)CN(c2cccc4cc(C(=O)O)n(Cc5ccccn5)c24)C3=O)cc(C)c1Cl.